The van der Waals surface area contributed by atoms with Gasteiger partial charge >= 0.3 is 0 Å². The minimum absolute atomic E-state index is 0.248. The Kier molecular flexibility index (Phi) is 4.80. The number of hydrogen-bond acceptors (Lipinski definition) is 4. The van der Waals surface area contributed by atoms with Crippen molar-refractivity contribution in [1.82, 2.24) is 0 Å². The standard InChI is InChI=1S/C11H14O4/c1-13-11(14-2)8-15-10-6-4-3-5-9(10)7-12/h3-7,11H,8H2,1-2H3. The van der Waals surface area contributed by atoms with E-state index < -0.39 is 6.29 Å². The third-order valence-electron chi connectivity index (χ3n) is 1.95. The van der Waals surface area contributed by atoms with Gasteiger partial charge in [0, 0.05) is 14.2 Å². The highest BCUT2D eigenvalue weighted by molar-refractivity contribution is 5.79. The first-order chi connectivity index (χ1) is 7.31. The maximum Gasteiger partial charge on any atom is 0.191 e. The van der Waals surface area contributed by atoms with E-state index >= 15 is 0 Å². The van der Waals surface area contributed by atoms with Crippen LogP contribution in [0.2, 0.25) is 0 Å². The fourth-order valence-corrected chi connectivity index (χ4v) is 1.10. The Morgan fingerprint density at radius 2 is 1.93 bits per heavy atom. The van der Waals surface area contributed by atoms with Gasteiger partial charge in [-0.2, -0.15) is 0 Å². The average Bonchev–Trinajstić information content (AvgIpc) is 2.31. The van der Waals surface area contributed by atoms with Crippen molar-refractivity contribution in [3.63, 3.8) is 0 Å². The number of ether oxygens (including phenoxy) is 3. The molecule has 1 aromatic carbocycles. The molecule has 0 N–H and O–H groups in total. The highest BCUT2D eigenvalue weighted by Crippen LogP contribution is 2.15. The van der Waals surface area contributed by atoms with Crippen LogP contribution >= 0.6 is 0 Å². The summed E-state index contributed by atoms with van der Waals surface area (Å²) < 4.78 is 15.3. The molecule has 0 saturated carbocycles. The zero-order valence-electron chi connectivity index (χ0n) is 8.80. The molecule has 0 aromatic heterocycles. The van der Waals surface area contributed by atoms with Crippen LogP contribution in [0.3, 0.4) is 0 Å². The van der Waals surface area contributed by atoms with Crippen LogP contribution in [0.5, 0.6) is 5.75 Å². The second-order valence-electron chi connectivity index (χ2n) is 2.87. The quantitative estimate of drug-likeness (QED) is 0.527. The SMILES string of the molecule is COC(COc1ccccc1C=O)OC. The maximum atomic E-state index is 10.7. The predicted molar refractivity (Wildman–Crippen MR) is 55.1 cm³/mol. The van der Waals surface area contributed by atoms with Crippen LogP contribution < -0.4 is 4.74 Å². The second-order valence-corrected chi connectivity index (χ2v) is 2.87. The van der Waals surface area contributed by atoms with E-state index in [0.717, 1.165) is 6.29 Å². The first-order valence-electron chi connectivity index (χ1n) is 4.54. The average molecular weight is 210 g/mol. The zero-order chi connectivity index (χ0) is 11.1. The van der Waals surface area contributed by atoms with Crippen LogP contribution in [0.25, 0.3) is 0 Å². The number of methoxy groups -OCH3 is 2. The minimum atomic E-state index is -0.426. The Bertz CT molecular complexity index is 307. The van der Waals surface area contributed by atoms with E-state index in [2.05, 4.69) is 0 Å². The van der Waals surface area contributed by atoms with Crippen LogP contribution in [0.4, 0.5) is 0 Å². The summed E-state index contributed by atoms with van der Waals surface area (Å²) in [4.78, 5) is 10.7. The molecular formula is C11H14O4. The first-order valence-corrected chi connectivity index (χ1v) is 4.54. The van der Waals surface area contributed by atoms with Crippen LogP contribution in [-0.4, -0.2) is 33.4 Å². The molecule has 0 spiro atoms. The summed E-state index contributed by atoms with van der Waals surface area (Å²) in [5, 5.41) is 0. The lowest BCUT2D eigenvalue weighted by molar-refractivity contribution is -0.122. The van der Waals surface area contributed by atoms with E-state index in [4.69, 9.17) is 14.2 Å². The minimum Gasteiger partial charge on any atom is -0.488 e. The Hall–Kier alpha value is -1.39. The summed E-state index contributed by atoms with van der Waals surface area (Å²) in [7, 11) is 3.06. The molecule has 0 fully saturated rings. The molecule has 1 rings (SSSR count). The topological polar surface area (TPSA) is 44.8 Å². The summed E-state index contributed by atoms with van der Waals surface area (Å²) in [6.07, 6.45) is 0.328. The summed E-state index contributed by atoms with van der Waals surface area (Å²) in [6.45, 7) is 0.248. The third kappa shape index (κ3) is 3.34. The van der Waals surface area contributed by atoms with Gasteiger partial charge in [-0.1, -0.05) is 12.1 Å². The van der Waals surface area contributed by atoms with Gasteiger partial charge in [0.15, 0.2) is 12.6 Å². The highest BCUT2D eigenvalue weighted by Gasteiger charge is 2.07. The van der Waals surface area contributed by atoms with Crippen LogP contribution in [0.15, 0.2) is 24.3 Å². The summed E-state index contributed by atoms with van der Waals surface area (Å²) >= 11 is 0. The molecule has 0 atom stereocenters. The van der Waals surface area contributed by atoms with Gasteiger partial charge in [-0.3, -0.25) is 4.79 Å². The molecule has 0 aliphatic heterocycles. The van der Waals surface area contributed by atoms with Gasteiger partial charge in [-0.25, -0.2) is 0 Å². The molecule has 0 aliphatic rings. The summed E-state index contributed by atoms with van der Waals surface area (Å²) in [5.74, 6) is 0.534. The predicted octanol–water partition coefficient (Wildman–Crippen LogP) is 1.50. The lowest BCUT2D eigenvalue weighted by atomic mass is 10.2. The van der Waals surface area contributed by atoms with Crippen molar-refractivity contribution in [3.8, 4) is 5.75 Å². The smallest absolute Gasteiger partial charge is 0.191 e. The fourth-order valence-electron chi connectivity index (χ4n) is 1.10. The molecule has 0 aliphatic carbocycles. The fraction of sp³-hybridized carbons (Fsp3) is 0.364. The molecular weight excluding hydrogens is 196 g/mol. The zero-order valence-corrected chi connectivity index (χ0v) is 8.80. The highest BCUT2D eigenvalue weighted by atomic mass is 16.7. The Labute approximate surface area is 88.8 Å². The number of benzene rings is 1. The Morgan fingerprint density at radius 1 is 1.27 bits per heavy atom. The molecule has 0 amide bonds. The van der Waals surface area contributed by atoms with Gasteiger partial charge in [0.1, 0.15) is 12.4 Å². The van der Waals surface area contributed by atoms with Gasteiger partial charge < -0.3 is 14.2 Å². The number of para-hydroxylation sites is 1. The van der Waals surface area contributed by atoms with Crippen LogP contribution in [-0.2, 0) is 9.47 Å². The Balaban J connectivity index is 2.60. The molecule has 15 heavy (non-hydrogen) atoms. The lowest BCUT2D eigenvalue weighted by Crippen LogP contribution is -2.22. The van der Waals surface area contributed by atoms with Crippen molar-refractivity contribution >= 4 is 6.29 Å². The van der Waals surface area contributed by atoms with Crippen LogP contribution in [0.1, 0.15) is 10.4 Å². The third-order valence-corrected chi connectivity index (χ3v) is 1.95. The normalized spacial score (nSPS) is 10.3. The molecule has 4 heteroatoms. The first kappa shape index (κ1) is 11.7. The number of aldehydes is 1. The lowest BCUT2D eigenvalue weighted by Gasteiger charge is -2.14. The molecule has 0 radical (unpaired) electrons. The van der Waals surface area contributed by atoms with Crippen LogP contribution in [0, 0.1) is 0 Å². The monoisotopic (exact) mass is 210 g/mol. The van der Waals surface area contributed by atoms with Crippen molar-refractivity contribution in [2.24, 2.45) is 0 Å². The molecule has 82 valence electrons. The molecule has 0 saturated heterocycles. The van der Waals surface area contributed by atoms with E-state index in [1.165, 1.54) is 14.2 Å². The van der Waals surface area contributed by atoms with E-state index in [1.54, 1.807) is 24.3 Å². The van der Waals surface area contributed by atoms with E-state index in [-0.39, 0.29) is 6.61 Å². The maximum absolute atomic E-state index is 10.7. The number of hydrogen-bond donors (Lipinski definition) is 0. The van der Waals surface area contributed by atoms with Crippen molar-refractivity contribution in [2.45, 2.75) is 6.29 Å². The van der Waals surface area contributed by atoms with Crippen molar-refractivity contribution < 1.29 is 19.0 Å². The number of carbonyl (C=O) groups excluding carboxylic acids is 1. The van der Waals surface area contributed by atoms with Crippen molar-refractivity contribution in [2.75, 3.05) is 20.8 Å². The number of rotatable bonds is 6. The van der Waals surface area contributed by atoms with Gasteiger partial charge in [0.25, 0.3) is 0 Å². The van der Waals surface area contributed by atoms with Gasteiger partial charge in [0.05, 0.1) is 5.56 Å². The molecule has 0 unspecified atom stereocenters. The Morgan fingerprint density at radius 3 is 2.53 bits per heavy atom. The second kappa shape index (κ2) is 6.16. The largest absolute Gasteiger partial charge is 0.488 e. The summed E-state index contributed by atoms with van der Waals surface area (Å²) in [5.41, 5.74) is 0.517. The molecule has 0 bridgehead atoms. The molecule has 4 nitrogen and oxygen atoms in total. The van der Waals surface area contributed by atoms with E-state index in [1.807, 2.05) is 0 Å². The van der Waals surface area contributed by atoms with Crippen molar-refractivity contribution in [1.29, 1.82) is 0 Å². The molecule has 0 heterocycles. The van der Waals surface area contributed by atoms with Gasteiger partial charge in [-0.05, 0) is 12.1 Å². The van der Waals surface area contributed by atoms with Crippen molar-refractivity contribution in [3.05, 3.63) is 29.8 Å². The summed E-state index contributed by atoms with van der Waals surface area (Å²) in [6, 6.07) is 7.00. The van der Waals surface area contributed by atoms with E-state index in [9.17, 15) is 4.79 Å². The molecule has 1 aromatic rings. The number of carbonyl (C=O) groups is 1. The van der Waals surface area contributed by atoms with Gasteiger partial charge in [0.2, 0.25) is 0 Å². The van der Waals surface area contributed by atoms with Gasteiger partial charge in [-0.15, -0.1) is 0 Å². The van der Waals surface area contributed by atoms with E-state index in [0.29, 0.717) is 11.3 Å².